The lowest BCUT2D eigenvalue weighted by Gasteiger charge is -2.37. The first kappa shape index (κ1) is 12.6. The molecule has 0 unspecified atom stereocenters. The van der Waals surface area contributed by atoms with Crippen LogP contribution >= 0.6 is 0 Å². The highest BCUT2D eigenvalue weighted by molar-refractivity contribution is 5.57. The number of methoxy groups -OCH3 is 1. The van der Waals surface area contributed by atoms with E-state index in [-0.39, 0.29) is 5.54 Å². The number of hydrogen-bond donors (Lipinski definition) is 1. The Hall–Kier alpha value is -1.42. The Morgan fingerprint density at radius 2 is 1.84 bits per heavy atom. The van der Waals surface area contributed by atoms with Gasteiger partial charge in [0.15, 0.2) is 11.5 Å². The summed E-state index contributed by atoms with van der Waals surface area (Å²) in [7, 11) is 1.68. The van der Waals surface area contributed by atoms with Crippen LogP contribution in [0.1, 0.15) is 37.7 Å². The molecule has 104 valence electrons. The van der Waals surface area contributed by atoms with E-state index >= 15 is 0 Å². The van der Waals surface area contributed by atoms with Gasteiger partial charge in [0.25, 0.3) is 0 Å². The number of ether oxygens (including phenoxy) is 3. The van der Waals surface area contributed by atoms with E-state index in [2.05, 4.69) is 0 Å². The van der Waals surface area contributed by atoms with Gasteiger partial charge in [0.2, 0.25) is 0 Å². The Labute approximate surface area is 113 Å². The SMILES string of the molecule is COc1ccc2c(c1C1(N)CCCCC1)OCCO2. The molecule has 0 bridgehead atoms. The summed E-state index contributed by atoms with van der Waals surface area (Å²) in [6.45, 7) is 1.17. The summed E-state index contributed by atoms with van der Waals surface area (Å²) in [6.07, 6.45) is 5.52. The van der Waals surface area contributed by atoms with Crippen molar-refractivity contribution in [3.63, 3.8) is 0 Å². The molecule has 0 saturated heterocycles. The summed E-state index contributed by atoms with van der Waals surface area (Å²) in [5.74, 6) is 2.39. The molecular formula is C15H21NO3. The average Bonchev–Trinajstić information content (AvgIpc) is 2.46. The highest BCUT2D eigenvalue weighted by Gasteiger charge is 2.37. The Balaban J connectivity index is 2.11. The van der Waals surface area contributed by atoms with Crippen LogP contribution in [0.15, 0.2) is 12.1 Å². The van der Waals surface area contributed by atoms with Gasteiger partial charge in [-0.25, -0.2) is 0 Å². The standard InChI is InChI=1S/C15H21NO3/c1-17-11-5-6-12-14(19-10-9-18-12)13(11)15(16)7-3-2-4-8-15/h5-6H,2-4,7-10,16H2,1H3. The zero-order valence-electron chi connectivity index (χ0n) is 11.4. The third-order valence-electron chi connectivity index (χ3n) is 4.13. The highest BCUT2D eigenvalue weighted by atomic mass is 16.6. The molecule has 0 spiro atoms. The number of hydrogen-bond acceptors (Lipinski definition) is 4. The summed E-state index contributed by atoms with van der Waals surface area (Å²) in [6, 6.07) is 3.84. The molecular weight excluding hydrogens is 242 g/mol. The number of fused-ring (bicyclic) bond motifs is 1. The van der Waals surface area contributed by atoms with Gasteiger partial charge in [0.1, 0.15) is 19.0 Å². The van der Waals surface area contributed by atoms with Gasteiger partial charge in [-0.05, 0) is 25.0 Å². The minimum atomic E-state index is -0.352. The lowest BCUT2D eigenvalue weighted by atomic mass is 9.76. The summed E-state index contributed by atoms with van der Waals surface area (Å²) >= 11 is 0. The number of nitrogens with two attached hydrogens (primary N) is 1. The van der Waals surface area contributed by atoms with Crippen LogP contribution in [0.2, 0.25) is 0 Å². The maximum atomic E-state index is 6.67. The zero-order chi connectivity index (χ0) is 13.3. The largest absolute Gasteiger partial charge is 0.496 e. The van der Waals surface area contributed by atoms with E-state index in [1.165, 1.54) is 6.42 Å². The first-order valence-electron chi connectivity index (χ1n) is 7.00. The topological polar surface area (TPSA) is 53.7 Å². The van der Waals surface area contributed by atoms with Crippen LogP contribution in [-0.2, 0) is 5.54 Å². The fourth-order valence-electron chi connectivity index (χ4n) is 3.17. The third kappa shape index (κ3) is 2.14. The van der Waals surface area contributed by atoms with Crippen molar-refractivity contribution in [3.05, 3.63) is 17.7 Å². The molecule has 0 radical (unpaired) electrons. The molecule has 2 N–H and O–H groups in total. The van der Waals surface area contributed by atoms with Crippen LogP contribution in [0, 0.1) is 0 Å². The van der Waals surface area contributed by atoms with Crippen molar-refractivity contribution in [2.24, 2.45) is 5.73 Å². The number of rotatable bonds is 2. The van der Waals surface area contributed by atoms with Crippen molar-refractivity contribution in [2.75, 3.05) is 20.3 Å². The molecule has 4 nitrogen and oxygen atoms in total. The van der Waals surface area contributed by atoms with E-state index in [0.717, 1.165) is 48.5 Å². The second-order valence-electron chi connectivity index (χ2n) is 5.38. The normalized spacial score (nSPS) is 20.9. The lowest BCUT2D eigenvalue weighted by molar-refractivity contribution is 0.162. The summed E-state index contributed by atoms with van der Waals surface area (Å²) in [5, 5.41) is 0. The molecule has 1 aliphatic heterocycles. The molecule has 1 fully saturated rings. The van der Waals surface area contributed by atoms with Gasteiger partial charge >= 0.3 is 0 Å². The minimum absolute atomic E-state index is 0.352. The van der Waals surface area contributed by atoms with Crippen LogP contribution in [0.25, 0.3) is 0 Å². The van der Waals surface area contributed by atoms with Crippen LogP contribution in [-0.4, -0.2) is 20.3 Å². The molecule has 0 atom stereocenters. The van der Waals surface area contributed by atoms with E-state index in [4.69, 9.17) is 19.9 Å². The summed E-state index contributed by atoms with van der Waals surface area (Å²) < 4.78 is 17.0. The predicted molar refractivity (Wildman–Crippen MR) is 72.9 cm³/mol. The quantitative estimate of drug-likeness (QED) is 0.891. The van der Waals surface area contributed by atoms with E-state index in [1.54, 1.807) is 7.11 Å². The first-order valence-corrected chi connectivity index (χ1v) is 7.00. The second-order valence-corrected chi connectivity index (χ2v) is 5.38. The van der Waals surface area contributed by atoms with Crippen molar-refractivity contribution in [1.82, 2.24) is 0 Å². The molecule has 1 heterocycles. The van der Waals surface area contributed by atoms with E-state index in [1.807, 2.05) is 12.1 Å². The summed E-state index contributed by atoms with van der Waals surface area (Å²) in [4.78, 5) is 0. The van der Waals surface area contributed by atoms with Crippen LogP contribution in [0.5, 0.6) is 17.2 Å². The molecule has 4 heteroatoms. The van der Waals surface area contributed by atoms with Gasteiger partial charge in [0.05, 0.1) is 12.7 Å². The molecule has 0 aromatic heterocycles. The van der Waals surface area contributed by atoms with Crippen molar-refractivity contribution in [1.29, 1.82) is 0 Å². The minimum Gasteiger partial charge on any atom is -0.496 e. The molecule has 1 aliphatic carbocycles. The van der Waals surface area contributed by atoms with Gasteiger partial charge < -0.3 is 19.9 Å². The van der Waals surface area contributed by atoms with Crippen LogP contribution < -0.4 is 19.9 Å². The Bertz CT molecular complexity index is 467. The maximum Gasteiger partial charge on any atom is 0.170 e. The molecule has 19 heavy (non-hydrogen) atoms. The maximum absolute atomic E-state index is 6.67. The van der Waals surface area contributed by atoms with Gasteiger partial charge in [-0.15, -0.1) is 0 Å². The predicted octanol–water partition coefficient (Wildman–Crippen LogP) is 2.58. The van der Waals surface area contributed by atoms with E-state index in [9.17, 15) is 0 Å². The van der Waals surface area contributed by atoms with Crippen LogP contribution in [0.3, 0.4) is 0 Å². The van der Waals surface area contributed by atoms with E-state index in [0.29, 0.717) is 13.2 Å². The van der Waals surface area contributed by atoms with Crippen molar-refractivity contribution in [3.8, 4) is 17.2 Å². The molecule has 1 aromatic rings. The fraction of sp³-hybridized carbons (Fsp3) is 0.600. The molecule has 1 saturated carbocycles. The van der Waals surface area contributed by atoms with Crippen molar-refractivity contribution < 1.29 is 14.2 Å². The fourth-order valence-corrected chi connectivity index (χ4v) is 3.17. The lowest BCUT2D eigenvalue weighted by Crippen LogP contribution is -2.39. The molecule has 2 aliphatic rings. The van der Waals surface area contributed by atoms with Gasteiger partial charge in [-0.1, -0.05) is 19.3 Å². The molecule has 0 amide bonds. The Morgan fingerprint density at radius 3 is 2.58 bits per heavy atom. The smallest absolute Gasteiger partial charge is 0.170 e. The number of benzene rings is 1. The summed E-state index contributed by atoms with van der Waals surface area (Å²) in [5.41, 5.74) is 7.31. The van der Waals surface area contributed by atoms with Gasteiger partial charge in [0, 0.05) is 5.54 Å². The Morgan fingerprint density at radius 1 is 1.11 bits per heavy atom. The highest BCUT2D eigenvalue weighted by Crippen LogP contribution is 2.48. The van der Waals surface area contributed by atoms with E-state index < -0.39 is 0 Å². The van der Waals surface area contributed by atoms with Crippen molar-refractivity contribution in [2.45, 2.75) is 37.6 Å². The second kappa shape index (κ2) is 4.93. The monoisotopic (exact) mass is 263 g/mol. The van der Waals surface area contributed by atoms with Crippen LogP contribution in [0.4, 0.5) is 0 Å². The van der Waals surface area contributed by atoms with Gasteiger partial charge in [-0.3, -0.25) is 0 Å². The van der Waals surface area contributed by atoms with Gasteiger partial charge in [-0.2, -0.15) is 0 Å². The molecule has 3 rings (SSSR count). The first-order chi connectivity index (χ1) is 9.24. The Kier molecular flexibility index (Phi) is 3.27. The molecule has 1 aromatic carbocycles. The third-order valence-corrected chi connectivity index (χ3v) is 4.13. The average molecular weight is 263 g/mol. The zero-order valence-corrected chi connectivity index (χ0v) is 11.4. The van der Waals surface area contributed by atoms with Crippen molar-refractivity contribution >= 4 is 0 Å².